The minimum atomic E-state index is -0.0849. The Bertz CT molecular complexity index is 1160. The highest BCUT2D eigenvalue weighted by atomic mass is 32.2. The highest BCUT2D eigenvalue weighted by Crippen LogP contribution is 2.25. The van der Waals surface area contributed by atoms with Crippen LogP contribution in [0, 0.1) is 6.92 Å². The van der Waals surface area contributed by atoms with E-state index in [0.29, 0.717) is 25.2 Å². The number of aromatic nitrogens is 1. The van der Waals surface area contributed by atoms with Crippen LogP contribution in [0.2, 0.25) is 0 Å². The summed E-state index contributed by atoms with van der Waals surface area (Å²) in [6, 6.07) is 11.6. The number of thiophene rings is 1. The Morgan fingerprint density at radius 2 is 2.09 bits per heavy atom. The molecule has 0 saturated heterocycles. The van der Waals surface area contributed by atoms with Gasteiger partial charge in [0.1, 0.15) is 0 Å². The highest BCUT2D eigenvalue weighted by molar-refractivity contribution is 7.98. The van der Waals surface area contributed by atoms with E-state index in [4.69, 9.17) is 0 Å². The second-order valence-corrected chi connectivity index (χ2v) is 9.39. The standard InChI is InChI=1S/C25H25N3O2S2/c1-17-22(15-27-25(30)21-7-3-4-8-23(21)31-2)20-11-12-28(16-18(20)14-26-17)24(29)10-9-19-6-5-13-32-19/h3-10,13-14H,11-12,15-16H2,1-2H3,(H,27,30). The smallest absolute Gasteiger partial charge is 0.252 e. The molecule has 0 aliphatic carbocycles. The Labute approximate surface area is 196 Å². The van der Waals surface area contributed by atoms with Crippen LogP contribution < -0.4 is 5.32 Å². The van der Waals surface area contributed by atoms with Crippen molar-refractivity contribution in [2.24, 2.45) is 0 Å². The quantitative estimate of drug-likeness (QED) is 0.425. The minimum absolute atomic E-state index is 0.00755. The summed E-state index contributed by atoms with van der Waals surface area (Å²) in [5, 5.41) is 5.06. The molecule has 0 fully saturated rings. The third-order valence-corrected chi connectivity index (χ3v) is 7.25. The number of nitrogens with one attached hydrogen (secondary N) is 1. The van der Waals surface area contributed by atoms with E-state index in [9.17, 15) is 9.59 Å². The van der Waals surface area contributed by atoms with Gasteiger partial charge >= 0.3 is 0 Å². The van der Waals surface area contributed by atoms with Gasteiger partial charge in [-0.25, -0.2) is 0 Å². The summed E-state index contributed by atoms with van der Waals surface area (Å²) in [7, 11) is 0. The molecule has 3 heterocycles. The van der Waals surface area contributed by atoms with Crippen LogP contribution in [-0.4, -0.2) is 34.5 Å². The Balaban J connectivity index is 1.46. The summed E-state index contributed by atoms with van der Waals surface area (Å²) < 4.78 is 0. The van der Waals surface area contributed by atoms with Gasteiger partial charge < -0.3 is 10.2 Å². The van der Waals surface area contributed by atoms with E-state index in [1.165, 1.54) is 5.56 Å². The summed E-state index contributed by atoms with van der Waals surface area (Å²) in [6.07, 6.45) is 8.09. The van der Waals surface area contributed by atoms with Gasteiger partial charge in [-0.1, -0.05) is 18.2 Å². The predicted octanol–water partition coefficient (Wildman–Crippen LogP) is 4.70. The molecule has 0 bridgehead atoms. The van der Waals surface area contributed by atoms with E-state index in [-0.39, 0.29) is 11.8 Å². The van der Waals surface area contributed by atoms with Crippen molar-refractivity contribution in [3.05, 3.63) is 86.9 Å². The number of pyridine rings is 1. The van der Waals surface area contributed by atoms with Gasteiger partial charge in [0.25, 0.3) is 5.91 Å². The van der Waals surface area contributed by atoms with Gasteiger partial charge in [-0.05, 0) is 65.9 Å². The van der Waals surface area contributed by atoms with Crippen LogP contribution >= 0.6 is 23.1 Å². The first kappa shape index (κ1) is 22.3. The summed E-state index contributed by atoms with van der Waals surface area (Å²) in [6.45, 7) is 3.58. The van der Waals surface area contributed by atoms with Crippen LogP contribution in [0.4, 0.5) is 0 Å². The molecule has 1 aliphatic rings. The topological polar surface area (TPSA) is 62.3 Å². The third kappa shape index (κ3) is 4.95. The lowest BCUT2D eigenvalue weighted by Gasteiger charge is -2.30. The average molecular weight is 464 g/mol. The molecule has 0 spiro atoms. The van der Waals surface area contributed by atoms with Crippen molar-refractivity contribution in [3.8, 4) is 0 Å². The maximum absolute atomic E-state index is 12.8. The SMILES string of the molecule is CSc1ccccc1C(=O)NCc1c(C)ncc2c1CCN(C(=O)C=Cc1cccs1)C2. The summed E-state index contributed by atoms with van der Waals surface area (Å²) in [5.74, 6) is -0.0774. The van der Waals surface area contributed by atoms with Gasteiger partial charge in [-0.3, -0.25) is 14.6 Å². The molecule has 164 valence electrons. The number of nitrogens with zero attached hydrogens (tertiary/aromatic N) is 2. The Morgan fingerprint density at radius 3 is 2.88 bits per heavy atom. The van der Waals surface area contributed by atoms with Gasteiger partial charge in [-0.2, -0.15) is 0 Å². The largest absolute Gasteiger partial charge is 0.348 e. The normalized spacial score (nSPS) is 13.2. The maximum Gasteiger partial charge on any atom is 0.252 e. The second kappa shape index (κ2) is 10.1. The molecule has 1 N–H and O–H groups in total. The lowest BCUT2D eigenvalue weighted by Crippen LogP contribution is -2.36. The fourth-order valence-corrected chi connectivity index (χ4v) is 5.10. The number of aryl methyl sites for hydroxylation is 1. The zero-order chi connectivity index (χ0) is 22.5. The molecule has 0 atom stereocenters. The zero-order valence-electron chi connectivity index (χ0n) is 18.1. The van der Waals surface area contributed by atoms with Crippen molar-refractivity contribution < 1.29 is 9.59 Å². The number of hydrogen-bond acceptors (Lipinski definition) is 5. The third-order valence-electron chi connectivity index (χ3n) is 5.62. The number of benzene rings is 1. The fraction of sp³-hybridized carbons (Fsp3) is 0.240. The molecule has 2 amide bonds. The number of thioether (sulfide) groups is 1. The van der Waals surface area contributed by atoms with Gasteiger partial charge in [-0.15, -0.1) is 23.1 Å². The first-order chi connectivity index (χ1) is 15.6. The molecule has 2 aromatic heterocycles. The molecule has 5 nitrogen and oxygen atoms in total. The molecule has 0 radical (unpaired) electrons. The lowest BCUT2D eigenvalue weighted by atomic mass is 9.94. The summed E-state index contributed by atoms with van der Waals surface area (Å²) in [5.41, 5.74) is 4.90. The maximum atomic E-state index is 12.8. The van der Waals surface area contributed by atoms with E-state index < -0.39 is 0 Å². The molecular formula is C25H25N3O2S2. The van der Waals surface area contributed by atoms with Gasteiger partial charge in [0.15, 0.2) is 0 Å². The van der Waals surface area contributed by atoms with Gasteiger partial charge in [0, 0.05) is 47.4 Å². The fourth-order valence-electron chi connectivity index (χ4n) is 3.89. The van der Waals surface area contributed by atoms with E-state index in [1.54, 1.807) is 29.2 Å². The number of hydrogen-bond donors (Lipinski definition) is 1. The number of fused-ring (bicyclic) bond motifs is 1. The molecule has 0 saturated carbocycles. The van der Waals surface area contributed by atoms with E-state index in [0.717, 1.165) is 33.0 Å². The molecule has 3 aromatic rings. The lowest BCUT2D eigenvalue weighted by molar-refractivity contribution is -0.126. The minimum Gasteiger partial charge on any atom is -0.348 e. The molecule has 1 aliphatic heterocycles. The Morgan fingerprint density at radius 1 is 1.25 bits per heavy atom. The van der Waals surface area contributed by atoms with Crippen LogP contribution in [0.3, 0.4) is 0 Å². The van der Waals surface area contributed by atoms with Crippen LogP contribution in [0.25, 0.3) is 6.08 Å². The van der Waals surface area contributed by atoms with Crippen molar-refractivity contribution in [2.45, 2.75) is 31.3 Å². The van der Waals surface area contributed by atoms with Crippen molar-refractivity contribution in [1.82, 2.24) is 15.2 Å². The predicted molar refractivity (Wildman–Crippen MR) is 131 cm³/mol. The molecular weight excluding hydrogens is 438 g/mol. The van der Waals surface area contributed by atoms with E-state index in [1.807, 2.05) is 72.1 Å². The number of carbonyl (C=O) groups excluding carboxylic acids is 2. The second-order valence-electron chi connectivity index (χ2n) is 7.57. The van der Waals surface area contributed by atoms with Crippen molar-refractivity contribution in [3.63, 3.8) is 0 Å². The van der Waals surface area contributed by atoms with Crippen molar-refractivity contribution in [1.29, 1.82) is 0 Å². The molecule has 32 heavy (non-hydrogen) atoms. The molecule has 4 rings (SSSR count). The van der Waals surface area contributed by atoms with Crippen LogP contribution in [0.5, 0.6) is 0 Å². The first-order valence-electron chi connectivity index (χ1n) is 10.4. The number of carbonyl (C=O) groups is 2. The summed E-state index contributed by atoms with van der Waals surface area (Å²) >= 11 is 3.17. The number of rotatable bonds is 6. The Kier molecular flexibility index (Phi) is 7.07. The monoisotopic (exact) mass is 463 g/mol. The molecule has 7 heteroatoms. The van der Waals surface area contributed by atoms with Crippen molar-refractivity contribution >= 4 is 41.0 Å². The van der Waals surface area contributed by atoms with Gasteiger partial charge in [0.2, 0.25) is 5.91 Å². The van der Waals surface area contributed by atoms with E-state index >= 15 is 0 Å². The number of amides is 2. The summed E-state index contributed by atoms with van der Waals surface area (Å²) in [4.78, 5) is 33.9. The van der Waals surface area contributed by atoms with Gasteiger partial charge in [0.05, 0.1) is 5.56 Å². The highest BCUT2D eigenvalue weighted by Gasteiger charge is 2.23. The first-order valence-corrected chi connectivity index (χ1v) is 12.5. The molecule has 0 unspecified atom stereocenters. The van der Waals surface area contributed by atoms with Crippen LogP contribution in [-0.2, 0) is 24.3 Å². The zero-order valence-corrected chi connectivity index (χ0v) is 19.8. The van der Waals surface area contributed by atoms with Crippen LogP contribution in [0.1, 0.15) is 37.6 Å². The van der Waals surface area contributed by atoms with E-state index in [2.05, 4.69) is 10.3 Å². The Hall–Kier alpha value is -2.90. The molecule has 1 aromatic carbocycles. The van der Waals surface area contributed by atoms with Crippen molar-refractivity contribution in [2.75, 3.05) is 12.8 Å². The average Bonchev–Trinajstić information content (AvgIpc) is 3.35. The van der Waals surface area contributed by atoms with Crippen LogP contribution in [0.15, 0.2) is 58.9 Å².